The molecule has 0 aliphatic carbocycles. The van der Waals surface area contributed by atoms with Crippen LogP contribution < -0.4 is 0 Å². The highest BCUT2D eigenvalue weighted by atomic mass is 32.2. The van der Waals surface area contributed by atoms with Crippen LogP contribution >= 0.6 is 0 Å². The maximum absolute atomic E-state index is 11.7. The number of nitriles is 1. The molecule has 0 aliphatic rings. The molecule has 0 fully saturated rings. The van der Waals surface area contributed by atoms with Crippen molar-refractivity contribution in [1.82, 2.24) is 0 Å². The van der Waals surface area contributed by atoms with Gasteiger partial charge in [0, 0.05) is 6.42 Å². The van der Waals surface area contributed by atoms with Gasteiger partial charge in [-0.3, -0.25) is 0 Å². The van der Waals surface area contributed by atoms with Crippen LogP contribution in [0.2, 0.25) is 0 Å². The summed E-state index contributed by atoms with van der Waals surface area (Å²) < 4.78 is 28.0. The first-order chi connectivity index (χ1) is 7.97. The summed E-state index contributed by atoms with van der Waals surface area (Å²) in [6.45, 7) is 0. The van der Waals surface area contributed by atoms with Crippen LogP contribution in [0.5, 0.6) is 0 Å². The van der Waals surface area contributed by atoms with Crippen LogP contribution in [0.3, 0.4) is 0 Å². The van der Waals surface area contributed by atoms with Crippen LogP contribution in [0.25, 0.3) is 0 Å². The molecule has 0 radical (unpaired) electrons. The smallest absolute Gasteiger partial charge is 0.371 e. The quantitative estimate of drug-likeness (QED) is 0.772. The molecule has 0 amide bonds. The topological polar surface area (TPSA) is 108 Å². The number of sulfone groups is 1. The fraction of sp³-hybridized carbons (Fsp3) is 0.400. The van der Waals surface area contributed by atoms with Crippen LogP contribution in [0.15, 0.2) is 21.6 Å². The lowest BCUT2D eigenvalue weighted by Gasteiger charge is -1.99. The molecule has 17 heavy (non-hydrogen) atoms. The molecule has 0 spiro atoms. The lowest BCUT2D eigenvalue weighted by Crippen LogP contribution is -2.05. The van der Waals surface area contributed by atoms with E-state index in [2.05, 4.69) is 0 Å². The Morgan fingerprint density at radius 3 is 2.65 bits per heavy atom. The second-order valence-corrected chi connectivity index (χ2v) is 5.40. The minimum absolute atomic E-state index is 0.152. The molecule has 6 nitrogen and oxygen atoms in total. The number of carboxylic acid groups (broad SMARTS) is 1. The molecule has 1 heterocycles. The van der Waals surface area contributed by atoms with Crippen LogP contribution in [-0.2, 0) is 9.84 Å². The summed E-state index contributed by atoms with van der Waals surface area (Å²) in [6, 6.07) is 4.15. The minimum Gasteiger partial charge on any atom is -0.475 e. The molecule has 0 saturated carbocycles. The standard InChI is InChI=1S/C10H11NO5S/c11-6-2-1-3-7-17(14,15)9-5-4-8(16-9)10(12)13/h4-5H,1-3,7H2,(H,12,13). The third-order valence-electron chi connectivity index (χ3n) is 2.05. The number of furan rings is 1. The molecule has 0 saturated heterocycles. The van der Waals surface area contributed by atoms with Gasteiger partial charge >= 0.3 is 5.97 Å². The van der Waals surface area contributed by atoms with E-state index in [0.717, 1.165) is 12.1 Å². The maximum Gasteiger partial charge on any atom is 0.371 e. The van der Waals surface area contributed by atoms with E-state index in [1.165, 1.54) is 0 Å². The van der Waals surface area contributed by atoms with E-state index >= 15 is 0 Å². The number of aromatic carboxylic acids is 1. The summed E-state index contributed by atoms with van der Waals surface area (Å²) in [6.07, 6.45) is 1.13. The van der Waals surface area contributed by atoms with Gasteiger partial charge in [0.1, 0.15) is 0 Å². The van der Waals surface area contributed by atoms with Crippen molar-refractivity contribution in [3.05, 3.63) is 17.9 Å². The molecule has 1 aromatic rings. The van der Waals surface area contributed by atoms with E-state index in [-0.39, 0.29) is 10.8 Å². The second-order valence-electron chi connectivity index (χ2n) is 3.36. The summed E-state index contributed by atoms with van der Waals surface area (Å²) in [5, 5.41) is 16.5. The van der Waals surface area contributed by atoms with Crippen molar-refractivity contribution in [2.45, 2.75) is 24.4 Å². The van der Waals surface area contributed by atoms with Gasteiger partial charge in [0.05, 0.1) is 11.8 Å². The van der Waals surface area contributed by atoms with Crippen LogP contribution in [-0.4, -0.2) is 25.2 Å². The fourth-order valence-corrected chi connectivity index (χ4v) is 2.48. The van der Waals surface area contributed by atoms with Gasteiger partial charge in [-0.25, -0.2) is 13.2 Å². The Hall–Kier alpha value is -1.81. The summed E-state index contributed by atoms with van der Waals surface area (Å²) in [7, 11) is -3.59. The van der Waals surface area contributed by atoms with Gasteiger partial charge in [0.25, 0.3) is 0 Å². The third kappa shape index (κ3) is 3.60. The average molecular weight is 257 g/mol. The molecule has 92 valence electrons. The Balaban J connectivity index is 2.69. The first-order valence-corrected chi connectivity index (χ1v) is 6.55. The summed E-state index contributed by atoms with van der Waals surface area (Å²) in [5.41, 5.74) is 0. The molecule has 1 aromatic heterocycles. The summed E-state index contributed by atoms with van der Waals surface area (Å²) in [4.78, 5) is 10.5. The van der Waals surface area contributed by atoms with Crippen molar-refractivity contribution in [2.75, 3.05) is 5.75 Å². The second kappa shape index (κ2) is 5.50. The van der Waals surface area contributed by atoms with Crippen LogP contribution in [0.1, 0.15) is 29.8 Å². The minimum atomic E-state index is -3.59. The van der Waals surface area contributed by atoms with Crippen molar-refractivity contribution in [3.8, 4) is 6.07 Å². The third-order valence-corrected chi connectivity index (χ3v) is 3.71. The lowest BCUT2D eigenvalue weighted by atomic mass is 10.3. The Labute approximate surface area is 98.4 Å². The van der Waals surface area contributed by atoms with Crippen molar-refractivity contribution >= 4 is 15.8 Å². The van der Waals surface area contributed by atoms with Gasteiger partial charge in [0.2, 0.25) is 20.7 Å². The van der Waals surface area contributed by atoms with E-state index in [1.807, 2.05) is 6.07 Å². The Morgan fingerprint density at radius 1 is 1.41 bits per heavy atom. The van der Waals surface area contributed by atoms with Gasteiger partial charge in [0.15, 0.2) is 0 Å². The molecule has 7 heteroatoms. The van der Waals surface area contributed by atoms with Crippen molar-refractivity contribution in [1.29, 1.82) is 5.26 Å². The lowest BCUT2D eigenvalue weighted by molar-refractivity contribution is 0.0656. The molecule has 0 bridgehead atoms. The van der Waals surface area contributed by atoms with Gasteiger partial charge in [-0.1, -0.05) is 0 Å². The van der Waals surface area contributed by atoms with E-state index in [1.54, 1.807) is 0 Å². The highest BCUT2D eigenvalue weighted by Gasteiger charge is 2.20. The van der Waals surface area contributed by atoms with E-state index in [0.29, 0.717) is 19.3 Å². The first-order valence-electron chi connectivity index (χ1n) is 4.90. The first kappa shape index (κ1) is 13.3. The van der Waals surface area contributed by atoms with Crippen molar-refractivity contribution in [2.24, 2.45) is 0 Å². The predicted molar refractivity (Wildman–Crippen MR) is 57.2 cm³/mol. The molecule has 0 atom stereocenters. The van der Waals surface area contributed by atoms with E-state index < -0.39 is 21.6 Å². The van der Waals surface area contributed by atoms with Crippen molar-refractivity contribution in [3.63, 3.8) is 0 Å². The highest BCUT2D eigenvalue weighted by Crippen LogP contribution is 2.16. The SMILES string of the molecule is N#CCCCCS(=O)(=O)c1ccc(C(=O)O)o1. The highest BCUT2D eigenvalue weighted by molar-refractivity contribution is 7.91. The monoisotopic (exact) mass is 257 g/mol. The Bertz CT molecular complexity index is 537. The summed E-state index contributed by atoms with van der Waals surface area (Å²) >= 11 is 0. The molecule has 0 aliphatic heterocycles. The zero-order chi connectivity index (χ0) is 12.9. The number of hydrogen-bond acceptors (Lipinski definition) is 5. The van der Waals surface area contributed by atoms with E-state index in [9.17, 15) is 13.2 Å². The maximum atomic E-state index is 11.7. The molecule has 0 unspecified atom stereocenters. The molecule has 0 aromatic carbocycles. The number of unbranched alkanes of at least 4 members (excludes halogenated alkanes) is 2. The number of rotatable bonds is 6. The van der Waals surface area contributed by atoms with E-state index in [4.69, 9.17) is 14.8 Å². The number of carbonyl (C=O) groups is 1. The summed E-state index contributed by atoms with van der Waals surface area (Å²) in [5.74, 6) is -1.86. The molecular weight excluding hydrogens is 246 g/mol. The Morgan fingerprint density at radius 2 is 2.12 bits per heavy atom. The zero-order valence-corrected chi connectivity index (χ0v) is 9.74. The van der Waals surface area contributed by atoms with Crippen molar-refractivity contribution < 1.29 is 22.7 Å². The van der Waals surface area contributed by atoms with Crippen LogP contribution in [0, 0.1) is 11.3 Å². The molecule has 1 N–H and O–H groups in total. The largest absolute Gasteiger partial charge is 0.475 e. The molecular formula is C10H11NO5S. The van der Waals surface area contributed by atoms with Gasteiger partial charge in [-0.2, -0.15) is 5.26 Å². The zero-order valence-electron chi connectivity index (χ0n) is 8.92. The normalized spacial score (nSPS) is 11.0. The Kier molecular flexibility index (Phi) is 4.29. The van der Waals surface area contributed by atoms with Crippen LogP contribution in [0.4, 0.5) is 0 Å². The number of nitrogens with zero attached hydrogens (tertiary/aromatic N) is 1. The van der Waals surface area contributed by atoms with Gasteiger partial charge < -0.3 is 9.52 Å². The number of carboxylic acids is 1. The van der Waals surface area contributed by atoms with Gasteiger partial charge in [-0.05, 0) is 25.0 Å². The predicted octanol–water partition coefficient (Wildman–Crippen LogP) is 1.45. The average Bonchev–Trinajstić information content (AvgIpc) is 2.74. The van der Waals surface area contributed by atoms with Gasteiger partial charge in [-0.15, -0.1) is 0 Å². The number of hydrogen-bond donors (Lipinski definition) is 1. The molecule has 1 rings (SSSR count). The fourth-order valence-electron chi connectivity index (χ4n) is 1.20.